The average Bonchev–Trinajstić information content (AvgIpc) is 3.29. The monoisotopic (exact) mass is 418 g/mol. The van der Waals surface area contributed by atoms with Crippen molar-refractivity contribution in [1.29, 1.82) is 0 Å². The predicted octanol–water partition coefficient (Wildman–Crippen LogP) is 3.47. The van der Waals surface area contributed by atoms with Crippen molar-refractivity contribution in [3.63, 3.8) is 0 Å². The lowest BCUT2D eigenvalue weighted by Gasteiger charge is -2.03. The van der Waals surface area contributed by atoms with Crippen molar-refractivity contribution in [2.24, 2.45) is 5.10 Å². The standard InChI is InChI=1S/C16H15BrN6OS/c1-24-13-6-5-9(7-11(13)17)8-18-23-15(21-22-16(23)25)14-10-3-2-4-12(10)19-20-14/h5-8H,2-4H2,1H3,(H,19,20)(H,22,25)/b18-8-. The van der Waals surface area contributed by atoms with Gasteiger partial charge < -0.3 is 4.74 Å². The summed E-state index contributed by atoms with van der Waals surface area (Å²) in [5.74, 6) is 1.39. The van der Waals surface area contributed by atoms with Gasteiger partial charge in [-0.1, -0.05) is 0 Å². The normalized spacial score (nSPS) is 13.5. The van der Waals surface area contributed by atoms with E-state index < -0.39 is 0 Å². The van der Waals surface area contributed by atoms with E-state index in [2.05, 4.69) is 41.4 Å². The maximum atomic E-state index is 5.32. The van der Waals surface area contributed by atoms with Gasteiger partial charge in [-0.15, -0.1) is 0 Å². The van der Waals surface area contributed by atoms with Crippen LogP contribution in [0.2, 0.25) is 0 Å². The number of aromatic nitrogens is 5. The number of benzene rings is 1. The third-order valence-electron chi connectivity index (χ3n) is 4.17. The van der Waals surface area contributed by atoms with E-state index in [1.54, 1.807) is 18.0 Å². The lowest BCUT2D eigenvalue weighted by Crippen LogP contribution is -1.97. The van der Waals surface area contributed by atoms with Crippen LogP contribution in [0.3, 0.4) is 0 Å². The van der Waals surface area contributed by atoms with Gasteiger partial charge in [-0.3, -0.25) is 5.10 Å². The Bertz CT molecular complexity index is 1020. The zero-order valence-electron chi connectivity index (χ0n) is 13.4. The van der Waals surface area contributed by atoms with Gasteiger partial charge in [0.25, 0.3) is 0 Å². The van der Waals surface area contributed by atoms with Crippen LogP contribution in [-0.4, -0.2) is 38.4 Å². The largest absolute Gasteiger partial charge is 0.496 e. The molecule has 0 saturated heterocycles. The molecule has 3 aromatic rings. The molecule has 2 aromatic heterocycles. The molecule has 1 aliphatic rings. The molecule has 1 aliphatic carbocycles. The number of aryl methyl sites for hydroxylation is 1. The number of aromatic amines is 2. The molecule has 0 aliphatic heterocycles. The van der Waals surface area contributed by atoms with Gasteiger partial charge in [-0.2, -0.15) is 20.0 Å². The van der Waals surface area contributed by atoms with E-state index in [1.165, 1.54) is 11.3 Å². The highest BCUT2D eigenvalue weighted by Gasteiger charge is 2.23. The minimum Gasteiger partial charge on any atom is -0.496 e. The molecule has 2 N–H and O–H groups in total. The van der Waals surface area contributed by atoms with Gasteiger partial charge in [0, 0.05) is 11.3 Å². The number of ether oxygens (including phenoxy) is 1. The number of fused-ring (bicyclic) bond motifs is 1. The smallest absolute Gasteiger partial charge is 0.216 e. The Labute approximate surface area is 157 Å². The van der Waals surface area contributed by atoms with Crippen molar-refractivity contribution >= 4 is 34.4 Å². The molecule has 25 heavy (non-hydrogen) atoms. The lowest BCUT2D eigenvalue weighted by molar-refractivity contribution is 0.412. The molecule has 2 heterocycles. The van der Waals surface area contributed by atoms with Crippen molar-refractivity contribution in [3.8, 4) is 17.3 Å². The minimum absolute atomic E-state index is 0.425. The summed E-state index contributed by atoms with van der Waals surface area (Å²) in [6.07, 6.45) is 4.88. The zero-order valence-corrected chi connectivity index (χ0v) is 15.8. The van der Waals surface area contributed by atoms with E-state index in [0.717, 1.165) is 40.7 Å². The first-order chi connectivity index (χ1) is 12.2. The first kappa shape index (κ1) is 16.2. The van der Waals surface area contributed by atoms with Crippen molar-refractivity contribution in [2.45, 2.75) is 19.3 Å². The number of nitrogens with zero attached hydrogens (tertiary/aromatic N) is 4. The van der Waals surface area contributed by atoms with E-state index >= 15 is 0 Å². The Kier molecular flexibility index (Phi) is 4.26. The number of H-pyrrole nitrogens is 2. The molecule has 1 aromatic carbocycles. The van der Waals surface area contributed by atoms with Crippen LogP contribution in [0, 0.1) is 4.77 Å². The van der Waals surface area contributed by atoms with Gasteiger partial charge >= 0.3 is 0 Å². The van der Waals surface area contributed by atoms with Crippen LogP contribution in [0.4, 0.5) is 0 Å². The Hall–Kier alpha value is -2.26. The summed E-state index contributed by atoms with van der Waals surface area (Å²) in [6, 6.07) is 5.72. The summed E-state index contributed by atoms with van der Waals surface area (Å²) < 4.78 is 8.13. The summed E-state index contributed by atoms with van der Waals surface area (Å²) >= 11 is 8.79. The van der Waals surface area contributed by atoms with E-state index in [-0.39, 0.29) is 0 Å². The second-order valence-corrected chi connectivity index (χ2v) is 6.93. The fraction of sp³-hybridized carbons (Fsp3) is 0.250. The summed E-state index contributed by atoms with van der Waals surface area (Å²) in [7, 11) is 1.63. The Morgan fingerprint density at radius 2 is 2.20 bits per heavy atom. The van der Waals surface area contributed by atoms with E-state index in [9.17, 15) is 0 Å². The molecule has 0 radical (unpaired) electrons. The highest BCUT2D eigenvalue weighted by atomic mass is 79.9. The summed E-state index contributed by atoms with van der Waals surface area (Å²) in [4.78, 5) is 0. The molecule has 0 unspecified atom stereocenters. The SMILES string of the molecule is COc1ccc(/C=N\n2c(-c3n[nH]c4c3CCC4)n[nH]c2=S)cc1Br. The van der Waals surface area contributed by atoms with Crippen molar-refractivity contribution in [2.75, 3.05) is 7.11 Å². The molecular formula is C16H15BrN6OS. The molecule has 0 atom stereocenters. The second kappa shape index (κ2) is 6.57. The third-order valence-corrected chi connectivity index (χ3v) is 5.05. The van der Waals surface area contributed by atoms with E-state index in [1.807, 2.05) is 18.2 Å². The molecule has 7 nitrogen and oxygen atoms in total. The van der Waals surface area contributed by atoms with Gasteiger partial charge in [-0.25, -0.2) is 5.10 Å². The predicted molar refractivity (Wildman–Crippen MR) is 101 cm³/mol. The fourth-order valence-electron chi connectivity index (χ4n) is 2.94. The topological polar surface area (TPSA) is 83.9 Å². The first-order valence-electron chi connectivity index (χ1n) is 7.79. The van der Waals surface area contributed by atoms with Gasteiger partial charge in [0.15, 0.2) is 0 Å². The van der Waals surface area contributed by atoms with Crippen LogP contribution in [0.15, 0.2) is 27.8 Å². The third kappa shape index (κ3) is 2.93. The number of hydrogen-bond donors (Lipinski definition) is 2. The Balaban J connectivity index is 1.71. The lowest BCUT2D eigenvalue weighted by atomic mass is 10.2. The second-order valence-electron chi connectivity index (χ2n) is 5.69. The van der Waals surface area contributed by atoms with Crippen molar-refractivity contribution in [1.82, 2.24) is 25.1 Å². The average molecular weight is 419 g/mol. The van der Waals surface area contributed by atoms with E-state index in [4.69, 9.17) is 17.0 Å². The highest BCUT2D eigenvalue weighted by Crippen LogP contribution is 2.29. The van der Waals surface area contributed by atoms with Gasteiger partial charge in [-0.05, 0) is 71.2 Å². The molecule has 9 heteroatoms. The number of nitrogens with one attached hydrogen (secondary N) is 2. The van der Waals surface area contributed by atoms with Crippen LogP contribution in [0.5, 0.6) is 5.75 Å². The maximum Gasteiger partial charge on any atom is 0.216 e. The first-order valence-corrected chi connectivity index (χ1v) is 8.99. The maximum absolute atomic E-state index is 5.32. The van der Waals surface area contributed by atoms with Crippen LogP contribution in [0.1, 0.15) is 23.2 Å². The van der Waals surface area contributed by atoms with Crippen LogP contribution in [-0.2, 0) is 12.8 Å². The summed E-state index contributed by atoms with van der Waals surface area (Å²) in [6.45, 7) is 0. The molecular weight excluding hydrogens is 404 g/mol. The van der Waals surface area contributed by atoms with E-state index in [0.29, 0.717) is 10.6 Å². The molecule has 0 fully saturated rings. The van der Waals surface area contributed by atoms with Crippen molar-refractivity contribution in [3.05, 3.63) is 44.3 Å². The van der Waals surface area contributed by atoms with Crippen LogP contribution >= 0.6 is 28.1 Å². The number of hydrogen-bond acceptors (Lipinski definition) is 5. The quantitative estimate of drug-likeness (QED) is 0.501. The van der Waals surface area contributed by atoms with Gasteiger partial charge in [0.05, 0.1) is 17.8 Å². The Morgan fingerprint density at radius 1 is 1.32 bits per heavy atom. The number of halogens is 1. The number of methoxy groups -OCH3 is 1. The van der Waals surface area contributed by atoms with Gasteiger partial charge in [0.1, 0.15) is 11.4 Å². The van der Waals surface area contributed by atoms with Crippen molar-refractivity contribution < 1.29 is 4.74 Å². The minimum atomic E-state index is 0.425. The summed E-state index contributed by atoms with van der Waals surface area (Å²) in [5.41, 5.74) is 4.11. The number of rotatable bonds is 4. The molecule has 128 valence electrons. The van der Waals surface area contributed by atoms with Crippen LogP contribution in [0.25, 0.3) is 11.5 Å². The summed E-state index contributed by atoms with van der Waals surface area (Å²) in [5, 5.41) is 19.1. The van der Waals surface area contributed by atoms with Crippen LogP contribution < -0.4 is 4.74 Å². The Morgan fingerprint density at radius 3 is 3.00 bits per heavy atom. The van der Waals surface area contributed by atoms with Gasteiger partial charge in [0.2, 0.25) is 10.6 Å². The molecule has 4 rings (SSSR count). The fourth-order valence-corrected chi connectivity index (χ4v) is 3.68. The highest BCUT2D eigenvalue weighted by molar-refractivity contribution is 9.10. The molecule has 0 spiro atoms. The zero-order chi connectivity index (χ0) is 17.4. The molecule has 0 saturated carbocycles. The molecule has 0 amide bonds. The molecule has 0 bridgehead atoms.